The number of benzene rings is 1. The van der Waals surface area contributed by atoms with Crippen LogP contribution in [0.5, 0.6) is 5.75 Å². The molecule has 0 aliphatic heterocycles. The van der Waals surface area contributed by atoms with Crippen molar-refractivity contribution in [2.75, 3.05) is 13.7 Å². The monoisotopic (exact) mass is 238 g/mol. The van der Waals surface area contributed by atoms with Gasteiger partial charge in [0.2, 0.25) is 0 Å². The summed E-state index contributed by atoms with van der Waals surface area (Å²) >= 11 is 0. The molecule has 4 nitrogen and oxygen atoms in total. The summed E-state index contributed by atoms with van der Waals surface area (Å²) in [6.45, 7) is 3.95. The van der Waals surface area contributed by atoms with Crippen molar-refractivity contribution in [3.63, 3.8) is 0 Å². The van der Waals surface area contributed by atoms with Crippen molar-refractivity contribution in [3.8, 4) is 5.75 Å². The minimum atomic E-state index is -1.25. The quantitative estimate of drug-likeness (QED) is 0.795. The number of aliphatic hydroxyl groups is 1. The number of aryl methyl sites for hydroxylation is 1. The van der Waals surface area contributed by atoms with Gasteiger partial charge in [0.15, 0.2) is 6.10 Å². The van der Waals surface area contributed by atoms with Crippen LogP contribution in [0, 0.1) is 0 Å². The summed E-state index contributed by atoms with van der Waals surface area (Å²) in [6.07, 6.45) is -0.449. The van der Waals surface area contributed by atoms with Gasteiger partial charge in [-0.1, -0.05) is 13.0 Å². The molecule has 4 heteroatoms. The van der Waals surface area contributed by atoms with Crippen LogP contribution in [-0.4, -0.2) is 24.8 Å². The number of carbonyl (C=O) groups is 1. The zero-order valence-electron chi connectivity index (χ0n) is 10.4. The van der Waals surface area contributed by atoms with Crippen LogP contribution >= 0.6 is 0 Å². The highest BCUT2D eigenvalue weighted by Gasteiger charge is 2.19. The Labute approximate surface area is 101 Å². The average Bonchev–Trinajstić information content (AvgIpc) is 2.37. The molecule has 0 bridgehead atoms. The maximum Gasteiger partial charge on any atom is 0.339 e. The molecule has 0 fully saturated rings. The number of hydrogen-bond acceptors (Lipinski definition) is 4. The third kappa shape index (κ3) is 3.46. The fraction of sp³-hybridized carbons (Fsp3) is 0.462. The Morgan fingerprint density at radius 3 is 2.59 bits per heavy atom. The van der Waals surface area contributed by atoms with Crippen molar-refractivity contribution >= 4 is 5.97 Å². The largest absolute Gasteiger partial charge is 0.497 e. The van der Waals surface area contributed by atoms with E-state index in [1.54, 1.807) is 26.2 Å². The Kier molecular flexibility index (Phi) is 4.97. The van der Waals surface area contributed by atoms with Crippen molar-refractivity contribution < 1.29 is 19.4 Å². The first-order chi connectivity index (χ1) is 8.12. The number of methoxy groups -OCH3 is 1. The van der Waals surface area contributed by atoms with Crippen LogP contribution in [0.4, 0.5) is 0 Å². The van der Waals surface area contributed by atoms with E-state index in [1.807, 2.05) is 13.0 Å². The molecule has 1 aromatic carbocycles. The zero-order chi connectivity index (χ0) is 12.8. The first-order valence-corrected chi connectivity index (χ1v) is 5.64. The molecular formula is C13H18O4. The van der Waals surface area contributed by atoms with E-state index in [0.717, 1.165) is 12.0 Å². The van der Waals surface area contributed by atoms with E-state index in [0.29, 0.717) is 11.3 Å². The van der Waals surface area contributed by atoms with E-state index in [9.17, 15) is 9.90 Å². The number of ether oxygens (including phenoxy) is 2. The third-order valence-corrected chi connectivity index (χ3v) is 2.46. The normalized spacial score (nSPS) is 12.0. The highest BCUT2D eigenvalue weighted by molar-refractivity contribution is 5.76. The summed E-state index contributed by atoms with van der Waals surface area (Å²) in [5, 5.41) is 9.83. The SMILES string of the molecule is CCOC(=O)C(O)c1cc(CC)cc(OC)c1. The molecule has 0 aliphatic carbocycles. The molecule has 0 spiro atoms. The second-order valence-corrected chi connectivity index (χ2v) is 3.62. The second kappa shape index (κ2) is 6.25. The number of hydrogen-bond donors (Lipinski definition) is 1. The smallest absolute Gasteiger partial charge is 0.339 e. The molecule has 1 N–H and O–H groups in total. The molecule has 0 radical (unpaired) electrons. The average molecular weight is 238 g/mol. The van der Waals surface area contributed by atoms with Gasteiger partial charge in [-0.05, 0) is 36.6 Å². The molecule has 0 aromatic heterocycles. The minimum Gasteiger partial charge on any atom is -0.497 e. The van der Waals surface area contributed by atoms with Crippen LogP contribution in [0.1, 0.15) is 31.1 Å². The highest BCUT2D eigenvalue weighted by atomic mass is 16.5. The van der Waals surface area contributed by atoms with Gasteiger partial charge in [-0.15, -0.1) is 0 Å². The minimum absolute atomic E-state index is 0.250. The van der Waals surface area contributed by atoms with Crippen LogP contribution in [0.25, 0.3) is 0 Å². The summed E-state index contributed by atoms with van der Waals surface area (Å²) < 4.78 is 9.90. The van der Waals surface area contributed by atoms with E-state index in [1.165, 1.54) is 0 Å². The lowest BCUT2D eigenvalue weighted by Gasteiger charge is -2.12. The molecule has 0 saturated heterocycles. The van der Waals surface area contributed by atoms with Gasteiger partial charge < -0.3 is 14.6 Å². The second-order valence-electron chi connectivity index (χ2n) is 3.62. The molecule has 0 aliphatic rings. The standard InChI is InChI=1S/C13H18O4/c1-4-9-6-10(8-11(7-9)16-3)12(14)13(15)17-5-2/h6-8,12,14H,4-5H2,1-3H3. The lowest BCUT2D eigenvalue weighted by Crippen LogP contribution is -2.15. The molecule has 0 heterocycles. The Balaban J connectivity index is 2.99. The predicted molar refractivity (Wildman–Crippen MR) is 64.0 cm³/mol. The van der Waals surface area contributed by atoms with Gasteiger partial charge in [0.05, 0.1) is 13.7 Å². The maximum atomic E-state index is 11.4. The first kappa shape index (κ1) is 13.5. The number of aliphatic hydroxyl groups excluding tert-OH is 1. The van der Waals surface area contributed by atoms with Gasteiger partial charge in [0.1, 0.15) is 5.75 Å². The molecule has 1 rings (SSSR count). The molecule has 1 aromatic rings. The van der Waals surface area contributed by atoms with E-state index >= 15 is 0 Å². The van der Waals surface area contributed by atoms with Gasteiger partial charge in [-0.2, -0.15) is 0 Å². The van der Waals surface area contributed by atoms with Gasteiger partial charge >= 0.3 is 5.97 Å². The molecule has 94 valence electrons. The number of esters is 1. The van der Waals surface area contributed by atoms with E-state index in [4.69, 9.17) is 9.47 Å². The summed E-state index contributed by atoms with van der Waals surface area (Å²) in [4.78, 5) is 11.4. The first-order valence-electron chi connectivity index (χ1n) is 5.64. The van der Waals surface area contributed by atoms with Gasteiger partial charge in [-0.25, -0.2) is 4.79 Å². The number of carbonyl (C=O) groups excluding carboxylic acids is 1. The van der Waals surface area contributed by atoms with Gasteiger partial charge in [0, 0.05) is 0 Å². The molecule has 1 unspecified atom stereocenters. The third-order valence-electron chi connectivity index (χ3n) is 2.46. The molecule has 0 amide bonds. The van der Waals surface area contributed by atoms with Crippen molar-refractivity contribution in [3.05, 3.63) is 29.3 Å². The van der Waals surface area contributed by atoms with Crippen molar-refractivity contribution in [1.82, 2.24) is 0 Å². The molecule has 1 atom stereocenters. The van der Waals surface area contributed by atoms with Gasteiger partial charge in [-0.3, -0.25) is 0 Å². The Morgan fingerprint density at radius 2 is 2.06 bits per heavy atom. The summed E-state index contributed by atoms with van der Waals surface area (Å²) in [6, 6.07) is 5.30. The Hall–Kier alpha value is -1.55. The predicted octanol–water partition coefficient (Wildman–Crippen LogP) is 1.85. The lowest BCUT2D eigenvalue weighted by atomic mass is 10.0. The van der Waals surface area contributed by atoms with E-state index in [2.05, 4.69) is 0 Å². The fourth-order valence-electron chi connectivity index (χ4n) is 1.52. The molecule has 0 saturated carbocycles. The van der Waals surface area contributed by atoms with E-state index in [-0.39, 0.29) is 6.61 Å². The summed E-state index contributed by atoms with van der Waals surface area (Å²) in [7, 11) is 1.55. The Morgan fingerprint density at radius 1 is 1.35 bits per heavy atom. The van der Waals surface area contributed by atoms with Crippen molar-refractivity contribution in [2.45, 2.75) is 26.4 Å². The van der Waals surface area contributed by atoms with Crippen molar-refractivity contribution in [1.29, 1.82) is 0 Å². The molecule has 17 heavy (non-hydrogen) atoms. The van der Waals surface area contributed by atoms with Crippen LogP contribution in [-0.2, 0) is 16.0 Å². The van der Waals surface area contributed by atoms with E-state index < -0.39 is 12.1 Å². The summed E-state index contributed by atoms with van der Waals surface area (Å²) in [5.74, 6) is -0.00879. The van der Waals surface area contributed by atoms with Crippen LogP contribution in [0.2, 0.25) is 0 Å². The maximum absolute atomic E-state index is 11.4. The summed E-state index contributed by atoms with van der Waals surface area (Å²) in [5.41, 5.74) is 1.50. The fourth-order valence-corrected chi connectivity index (χ4v) is 1.52. The zero-order valence-corrected chi connectivity index (χ0v) is 10.4. The highest BCUT2D eigenvalue weighted by Crippen LogP contribution is 2.23. The molecular weight excluding hydrogens is 220 g/mol. The topological polar surface area (TPSA) is 55.8 Å². The number of rotatable bonds is 5. The van der Waals surface area contributed by atoms with Crippen LogP contribution < -0.4 is 4.74 Å². The lowest BCUT2D eigenvalue weighted by molar-refractivity contribution is -0.153. The van der Waals surface area contributed by atoms with Gasteiger partial charge in [0.25, 0.3) is 0 Å². The van der Waals surface area contributed by atoms with Crippen molar-refractivity contribution in [2.24, 2.45) is 0 Å². The van der Waals surface area contributed by atoms with Crippen LogP contribution in [0.3, 0.4) is 0 Å². The Bertz CT molecular complexity index is 365. The van der Waals surface area contributed by atoms with Crippen LogP contribution in [0.15, 0.2) is 18.2 Å².